The van der Waals surface area contributed by atoms with Crippen LogP contribution in [0.4, 0.5) is 0 Å². The van der Waals surface area contributed by atoms with Crippen molar-refractivity contribution < 1.29 is 17.9 Å². The fourth-order valence-electron chi connectivity index (χ4n) is 1.61. The summed E-state index contributed by atoms with van der Waals surface area (Å²) in [5, 5.41) is 9.11. The highest BCUT2D eigenvalue weighted by molar-refractivity contribution is 7.89. The Morgan fingerprint density at radius 3 is 2.50 bits per heavy atom. The summed E-state index contributed by atoms with van der Waals surface area (Å²) in [5.74, 6) is 0.551. The van der Waals surface area contributed by atoms with Gasteiger partial charge in [0.15, 0.2) is 5.89 Å². The lowest BCUT2D eigenvalue weighted by Crippen LogP contribution is -2.30. The van der Waals surface area contributed by atoms with E-state index in [4.69, 9.17) is 9.52 Å². The first-order valence-electron chi connectivity index (χ1n) is 6.09. The second-order valence-corrected chi connectivity index (χ2v) is 6.24. The number of nitrogens with one attached hydrogen (secondary N) is 1. The average molecular weight is 296 g/mol. The summed E-state index contributed by atoms with van der Waals surface area (Å²) in [6, 6.07) is 6.30. The van der Waals surface area contributed by atoms with Gasteiger partial charge in [0.25, 0.3) is 0 Å². The summed E-state index contributed by atoms with van der Waals surface area (Å²) in [6.45, 7) is 3.23. The third kappa shape index (κ3) is 3.44. The highest BCUT2D eigenvalue weighted by atomic mass is 32.2. The quantitative estimate of drug-likeness (QED) is 0.868. The van der Waals surface area contributed by atoms with E-state index in [0.717, 1.165) is 5.56 Å². The van der Waals surface area contributed by atoms with Crippen LogP contribution in [0.2, 0.25) is 0 Å². The van der Waals surface area contributed by atoms with E-state index in [-0.39, 0.29) is 11.4 Å². The molecule has 2 aromatic rings. The Bertz CT molecular complexity index is 675. The smallest absolute Gasteiger partial charge is 0.240 e. The zero-order valence-electron chi connectivity index (χ0n) is 11.2. The SMILES string of the molecule is Cc1nc(-c2ccc(S(=O)(=O)NCC(C)O)cc2)co1. The third-order valence-electron chi connectivity index (χ3n) is 2.65. The summed E-state index contributed by atoms with van der Waals surface area (Å²) in [4.78, 5) is 4.31. The van der Waals surface area contributed by atoms with E-state index in [9.17, 15) is 8.42 Å². The van der Waals surface area contributed by atoms with E-state index in [1.807, 2.05) is 0 Å². The van der Waals surface area contributed by atoms with Gasteiger partial charge in [0.05, 0.1) is 11.0 Å². The number of aliphatic hydroxyl groups is 1. The fourth-order valence-corrected chi connectivity index (χ4v) is 2.74. The standard InChI is InChI=1S/C13H16N2O4S/c1-9(16)7-14-20(17,18)12-5-3-11(4-6-12)13-8-19-10(2)15-13/h3-6,8-9,14,16H,7H2,1-2H3. The minimum Gasteiger partial charge on any atom is -0.449 e. The molecule has 1 aromatic carbocycles. The molecule has 0 bridgehead atoms. The van der Waals surface area contributed by atoms with Crippen molar-refractivity contribution in [1.29, 1.82) is 0 Å². The number of aromatic nitrogens is 1. The van der Waals surface area contributed by atoms with Crippen LogP contribution in [0.25, 0.3) is 11.3 Å². The lowest BCUT2D eigenvalue weighted by atomic mass is 10.2. The maximum Gasteiger partial charge on any atom is 0.240 e. The average Bonchev–Trinajstić information content (AvgIpc) is 2.83. The Morgan fingerprint density at radius 2 is 2.00 bits per heavy atom. The van der Waals surface area contributed by atoms with Crippen molar-refractivity contribution in [2.24, 2.45) is 0 Å². The number of nitrogens with zero attached hydrogens (tertiary/aromatic N) is 1. The summed E-state index contributed by atoms with van der Waals surface area (Å²) in [6.07, 6.45) is 0.784. The van der Waals surface area contributed by atoms with Crippen LogP contribution in [0, 0.1) is 6.92 Å². The molecule has 7 heteroatoms. The highest BCUT2D eigenvalue weighted by Crippen LogP contribution is 2.20. The zero-order valence-corrected chi connectivity index (χ0v) is 12.0. The molecule has 0 amide bonds. The van der Waals surface area contributed by atoms with Gasteiger partial charge in [-0.15, -0.1) is 0 Å². The first-order valence-corrected chi connectivity index (χ1v) is 7.57. The number of aliphatic hydroxyl groups excluding tert-OH is 1. The summed E-state index contributed by atoms with van der Waals surface area (Å²) in [7, 11) is -3.60. The minimum atomic E-state index is -3.60. The molecule has 1 unspecified atom stereocenters. The van der Waals surface area contributed by atoms with Crippen molar-refractivity contribution in [3.8, 4) is 11.3 Å². The van der Waals surface area contributed by atoms with E-state index in [0.29, 0.717) is 11.6 Å². The monoisotopic (exact) mass is 296 g/mol. The van der Waals surface area contributed by atoms with Crippen molar-refractivity contribution >= 4 is 10.0 Å². The van der Waals surface area contributed by atoms with E-state index in [1.54, 1.807) is 19.1 Å². The van der Waals surface area contributed by atoms with Gasteiger partial charge in [-0.05, 0) is 19.1 Å². The lowest BCUT2D eigenvalue weighted by molar-refractivity contribution is 0.198. The molecule has 0 aliphatic carbocycles. The molecule has 20 heavy (non-hydrogen) atoms. The van der Waals surface area contributed by atoms with Gasteiger partial charge in [-0.2, -0.15) is 0 Å². The van der Waals surface area contributed by atoms with Gasteiger partial charge in [0.2, 0.25) is 10.0 Å². The van der Waals surface area contributed by atoms with Crippen LogP contribution >= 0.6 is 0 Å². The predicted octanol–water partition coefficient (Wildman–Crippen LogP) is 1.31. The first kappa shape index (κ1) is 14.7. The van der Waals surface area contributed by atoms with Crippen LogP contribution in [0.3, 0.4) is 0 Å². The molecule has 0 saturated heterocycles. The summed E-state index contributed by atoms with van der Waals surface area (Å²) >= 11 is 0. The number of oxazole rings is 1. The van der Waals surface area contributed by atoms with Gasteiger partial charge in [0.1, 0.15) is 12.0 Å². The Kier molecular flexibility index (Phi) is 4.22. The van der Waals surface area contributed by atoms with Crippen molar-refractivity contribution in [2.45, 2.75) is 24.8 Å². The Labute approximate surface area is 117 Å². The number of aryl methyl sites for hydroxylation is 1. The zero-order chi connectivity index (χ0) is 14.8. The molecule has 0 aliphatic heterocycles. The number of hydrogen-bond donors (Lipinski definition) is 2. The maximum atomic E-state index is 11.9. The highest BCUT2D eigenvalue weighted by Gasteiger charge is 2.14. The largest absolute Gasteiger partial charge is 0.449 e. The number of hydrogen-bond acceptors (Lipinski definition) is 5. The van der Waals surface area contributed by atoms with Gasteiger partial charge < -0.3 is 9.52 Å². The molecule has 2 rings (SSSR count). The van der Waals surface area contributed by atoms with Gasteiger partial charge in [-0.1, -0.05) is 12.1 Å². The predicted molar refractivity (Wildman–Crippen MR) is 73.5 cm³/mol. The minimum absolute atomic E-state index is 0.0213. The van der Waals surface area contributed by atoms with E-state index in [2.05, 4.69) is 9.71 Å². The van der Waals surface area contributed by atoms with Gasteiger partial charge in [-0.25, -0.2) is 18.1 Å². The molecule has 2 N–H and O–H groups in total. The Morgan fingerprint density at radius 1 is 1.35 bits per heavy atom. The molecule has 6 nitrogen and oxygen atoms in total. The summed E-state index contributed by atoms with van der Waals surface area (Å²) < 4.78 is 31.3. The van der Waals surface area contributed by atoms with Crippen LogP contribution in [-0.4, -0.2) is 31.2 Å². The number of rotatable bonds is 5. The van der Waals surface area contributed by atoms with Crippen LogP contribution in [0.1, 0.15) is 12.8 Å². The second kappa shape index (κ2) is 5.74. The van der Waals surface area contributed by atoms with Crippen molar-refractivity contribution in [1.82, 2.24) is 9.71 Å². The first-order chi connectivity index (χ1) is 9.38. The second-order valence-electron chi connectivity index (χ2n) is 4.48. The van der Waals surface area contributed by atoms with E-state index < -0.39 is 16.1 Å². The Balaban J connectivity index is 2.19. The number of sulfonamides is 1. The lowest BCUT2D eigenvalue weighted by Gasteiger charge is -2.08. The topological polar surface area (TPSA) is 92.4 Å². The van der Waals surface area contributed by atoms with E-state index in [1.165, 1.54) is 25.3 Å². The van der Waals surface area contributed by atoms with Crippen LogP contribution in [0.15, 0.2) is 39.8 Å². The van der Waals surface area contributed by atoms with Gasteiger partial charge >= 0.3 is 0 Å². The fraction of sp³-hybridized carbons (Fsp3) is 0.308. The van der Waals surface area contributed by atoms with Crippen LogP contribution in [0.5, 0.6) is 0 Å². The Hall–Kier alpha value is -1.70. The molecule has 0 radical (unpaired) electrons. The van der Waals surface area contributed by atoms with Crippen LogP contribution in [-0.2, 0) is 10.0 Å². The molecule has 0 fully saturated rings. The molecule has 108 valence electrons. The van der Waals surface area contributed by atoms with Crippen LogP contribution < -0.4 is 4.72 Å². The van der Waals surface area contributed by atoms with Gasteiger partial charge in [0, 0.05) is 19.0 Å². The molecular weight excluding hydrogens is 280 g/mol. The third-order valence-corrected chi connectivity index (χ3v) is 4.09. The van der Waals surface area contributed by atoms with Crippen molar-refractivity contribution in [3.63, 3.8) is 0 Å². The maximum absolute atomic E-state index is 11.9. The molecule has 1 aromatic heterocycles. The molecule has 1 heterocycles. The molecule has 0 spiro atoms. The molecular formula is C13H16N2O4S. The normalized spacial score (nSPS) is 13.3. The number of benzene rings is 1. The van der Waals surface area contributed by atoms with Crippen molar-refractivity contribution in [2.75, 3.05) is 6.54 Å². The van der Waals surface area contributed by atoms with Gasteiger partial charge in [-0.3, -0.25) is 0 Å². The molecule has 1 atom stereocenters. The molecule has 0 aliphatic rings. The van der Waals surface area contributed by atoms with E-state index >= 15 is 0 Å². The summed E-state index contributed by atoms with van der Waals surface area (Å²) in [5.41, 5.74) is 1.43. The van der Waals surface area contributed by atoms with Crippen molar-refractivity contribution in [3.05, 3.63) is 36.4 Å². The molecule has 0 saturated carbocycles.